The number of hydrogen-bond acceptors (Lipinski definition) is 5. The van der Waals surface area contributed by atoms with E-state index in [-0.39, 0.29) is 5.78 Å². The third-order valence-electron chi connectivity index (χ3n) is 5.11. The lowest BCUT2D eigenvalue weighted by Crippen LogP contribution is -2.20. The summed E-state index contributed by atoms with van der Waals surface area (Å²) < 4.78 is 5.81. The number of anilines is 1. The third kappa shape index (κ3) is 3.39. The Bertz CT molecular complexity index is 1220. The van der Waals surface area contributed by atoms with Gasteiger partial charge in [0.15, 0.2) is 5.78 Å². The molecule has 2 aromatic carbocycles. The summed E-state index contributed by atoms with van der Waals surface area (Å²) in [6.07, 6.45) is 6.39. The van der Waals surface area contributed by atoms with Crippen molar-refractivity contribution in [3.05, 3.63) is 83.6 Å². The number of nitrogens with one attached hydrogen (secondary N) is 1. The van der Waals surface area contributed by atoms with Gasteiger partial charge in [-0.15, -0.1) is 0 Å². The summed E-state index contributed by atoms with van der Waals surface area (Å²) in [5.41, 5.74) is 1.54. The van der Waals surface area contributed by atoms with Crippen molar-refractivity contribution < 1.29 is 9.53 Å². The fraction of sp³-hybridized carbons (Fsp3) is 0.130. The number of carbonyl (C=O) groups is 1. The Morgan fingerprint density at radius 1 is 1.07 bits per heavy atom. The van der Waals surface area contributed by atoms with Gasteiger partial charge in [0.25, 0.3) is 0 Å². The minimum atomic E-state index is -0.184. The molecular formula is C23H18ClN4O2. The van der Waals surface area contributed by atoms with Crippen LogP contribution in [0.3, 0.4) is 0 Å². The number of para-hydroxylation sites is 1. The molecule has 1 N–H and O–H groups in total. The molecule has 149 valence electrons. The third-order valence-corrected chi connectivity index (χ3v) is 5.42. The van der Waals surface area contributed by atoms with Crippen molar-refractivity contribution in [2.24, 2.45) is 0 Å². The van der Waals surface area contributed by atoms with Crippen molar-refractivity contribution >= 4 is 34.2 Å². The number of halogens is 1. The lowest BCUT2D eigenvalue weighted by molar-refractivity contribution is 0.104. The molecule has 4 aromatic rings. The van der Waals surface area contributed by atoms with Gasteiger partial charge in [-0.2, -0.15) is 0 Å². The largest absolute Gasteiger partial charge is 0.457 e. The Kier molecular flexibility index (Phi) is 4.85. The summed E-state index contributed by atoms with van der Waals surface area (Å²) in [7, 11) is 0. The number of ketones is 1. The predicted octanol–water partition coefficient (Wildman–Crippen LogP) is 5.05. The first-order valence-corrected chi connectivity index (χ1v) is 10.0. The zero-order valence-corrected chi connectivity index (χ0v) is 16.8. The van der Waals surface area contributed by atoms with Crippen LogP contribution in [0.2, 0.25) is 5.02 Å². The number of ether oxygens (including phenoxy) is 1. The molecule has 7 heteroatoms. The van der Waals surface area contributed by atoms with Gasteiger partial charge < -0.3 is 14.6 Å². The summed E-state index contributed by atoms with van der Waals surface area (Å²) in [4.78, 5) is 27.3. The second-order valence-electron chi connectivity index (χ2n) is 7.03. The zero-order chi connectivity index (χ0) is 20.5. The zero-order valence-electron chi connectivity index (χ0n) is 16.0. The molecule has 0 spiro atoms. The van der Waals surface area contributed by atoms with Gasteiger partial charge in [-0.25, -0.2) is 9.97 Å². The van der Waals surface area contributed by atoms with Crippen molar-refractivity contribution in [2.45, 2.75) is 6.42 Å². The van der Waals surface area contributed by atoms with Gasteiger partial charge in [-0.1, -0.05) is 29.8 Å². The molecule has 1 aliphatic heterocycles. The molecule has 30 heavy (non-hydrogen) atoms. The van der Waals surface area contributed by atoms with Crippen molar-refractivity contribution in [1.82, 2.24) is 15.0 Å². The van der Waals surface area contributed by atoms with E-state index in [0.717, 1.165) is 30.7 Å². The van der Waals surface area contributed by atoms with Crippen LogP contribution in [0, 0.1) is 6.42 Å². The van der Waals surface area contributed by atoms with Gasteiger partial charge in [0.2, 0.25) is 0 Å². The lowest BCUT2D eigenvalue weighted by atomic mass is 10.0. The first-order chi connectivity index (χ1) is 14.7. The van der Waals surface area contributed by atoms with E-state index < -0.39 is 0 Å². The second kappa shape index (κ2) is 7.80. The van der Waals surface area contributed by atoms with E-state index in [1.54, 1.807) is 24.4 Å². The van der Waals surface area contributed by atoms with Crippen LogP contribution in [0.4, 0.5) is 5.82 Å². The molecule has 0 unspecified atom stereocenters. The first kappa shape index (κ1) is 18.6. The van der Waals surface area contributed by atoms with Crippen LogP contribution in [0.5, 0.6) is 11.5 Å². The smallest absolute Gasteiger partial charge is 0.196 e. The van der Waals surface area contributed by atoms with Crippen LogP contribution in [0.1, 0.15) is 22.3 Å². The number of H-pyrrole nitrogens is 1. The molecule has 0 bridgehead atoms. The average Bonchev–Trinajstić information content (AvgIpc) is 3.44. The highest BCUT2D eigenvalue weighted by atomic mass is 35.5. The molecule has 1 fully saturated rings. The fourth-order valence-electron chi connectivity index (χ4n) is 3.66. The van der Waals surface area contributed by atoms with E-state index in [0.29, 0.717) is 33.3 Å². The SMILES string of the molecule is O=C(c1ccc(Oc2ccccc2)cc1Cl)c1c[nH]c2ncnc(N3C[CH]CC3)c12. The minimum absolute atomic E-state index is 0.184. The van der Waals surface area contributed by atoms with Crippen LogP contribution in [0.25, 0.3) is 11.0 Å². The summed E-state index contributed by atoms with van der Waals surface area (Å²) in [6.45, 7) is 1.68. The van der Waals surface area contributed by atoms with E-state index in [2.05, 4.69) is 26.3 Å². The number of aromatic amines is 1. The number of nitrogens with zero attached hydrogens (tertiary/aromatic N) is 3. The van der Waals surface area contributed by atoms with E-state index in [4.69, 9.17) is 16.3 Å². The first-order valence-electron chi connectivity index (χ1n) is 9.66. The summed E-state index contributed by atoms with van der Waals surface area (Å²) in [5, 5.41) is 1.05. The van der Waals surface area contributed by atoms with E-state index in [9.17, 15) is 4.79 Å². The van der Waals surface area contributed by atoms with Crippen molar-refractivity contribution in [3.63, 3.8) is 0 Å². The van der Waals surface area contributed by atoms with E-state index in [1.165, 1.54) is 6.33 Å². The van der Waals surface area contributed by atoms with Gasteiger partial charge in [0.1, 0.15) is 29.3 Å². The van der Waals surface area contributed by atoms with Gasteiger partial charge in [-0.3, -0.25) is 4.79 Å². The molecular weight excluding hydrogens is 400 g/mol. The standard InChI is InChI=1S/C23H18ClN4O2/c24-19-12-16(30-15-6-2-1-3-7-15)8-9-17(19)21(29)18-13-25-22-20(18)23(27-14-26-22)28-10-4-5-11-28/h1-4,6-9,12-14H,5,10-11H2,(H,25,26,27). The van der Waals surface area contributed by atoms with Crippen LogP contribution in [0.15, 0.2) is 61.1 Å². The number of rotatable bonds is 5. The van der Waals surface area contributed by atoms with Crippen molar-refractivity contribution in [3.8, 4) is 11.5 Å². The summed E-state index contributed by atoms with van der Waals surface area (Å²) >= 11 is 6.47. The molecule has 1 saturated heterocycles. The molecule has 0 aliphatic carbocycles. The minimum Gasteiger partial charge on any atom is -0.457 e. The highest BCUT2D eigenvalue weighted by molar-refractivity contribution is 6.35. The topological polar surface area (TPSA) is 71.1 Å². The monoisotopic (exact) mass is 417 g/mol. The summed E-state index contributed by atoms with van der Waals surface area (Å²) in [6, 6.07) is 14.5. The van der Waals surface area contributed by atoms with Crippen LogP contribution in [-0.2, 0) is 0 Å². The van der Waals surface area contributed by atoms with Crippen molar-refractivity contribution in [1.29, 1.82) is 0 Å². The molecule has 0 atom stereocenters. The van der Waals surface area contributed by atoms with Crippen LogP contribution >= 0.6 is 11.6 Å². The number of carbonyl (C=O) groups excluding carboxylic acids is 1. The number of aromatic nitrogens is 3. The Hall–Kier alpha value is -3.38. The highest BCUT2D eigenvalue weighted by Gasteiger charge is 2.24. The van der Waals surface area contributed by atoms with Crippen molar-refractivity contribution in [2.75, 3.05) is 18.0 Å². The Morgan fingerprint density at radius 2 is 1.93 bits per heavy atom. The molecule has 6 nitrogen and oxygen atoms in total. The van der Waals surface area contributed by atoms with Gasteiger partial charge in [-0.05, 0) is 37.1 Å². The van der Waals surface area contributed by atoms with Gasteiger partial charge in [0, 0.05) is 30.9 Å². The molecule has 1 aliphatic rings. The molecule has 0 amide bonds. The fourth-order valence-corrected chi connectivity index (χ4v) is 3.91. The Balaban J connectivity index is 1.49. The van der Waals surface area contributed by atoms with Crippen LogP contribution < -0.4 is 9.64 Å². The quantitative estimate of drug-likeness (QED) is 0.460. The molecule has 1 radical (unpaired) electrons. The highest BCUT2D eigenvalue weighted by Crippen LogP contribution is 2.33. The van der Waals surface area contributed by atoms with E-state index >= 15 is 0 Å². The molecule has 0 saturated carbocycles. The maximum Gasteiger partial charge on any atom is 0.196 e. The summed E-state index contributed by atoms with van der Waals surface area (Å²) in [5.74, 6) is 1.85. The maximum absolute atomic E-state index is 13.4. The normalized spacial score (nSPS) is 13.7. The maximum atomic E-state index is 13.4. The van der Waals surface area contributed by atoms with E-state index in [1.807, 2.05) is 30.3 Å². The second-order valence-corrected chi connectivity index (χ2v) is 7.44. The predicted molar refractivity (Wildman–Crippen MR) is 116 cm³/mol. The number of hydrogen-bond donors (Lipinski definition) is 1. The average molecular weight is 418 g/mol. The lowest BCUT2D eigenvalue weighted by Gasteiger charge is -2.17. The molecule has 5 rings (SSSR count). The Labute approximate surface area is 178 Å². The molecule has 2 aromatic heterocycles. The van der Waals surface area contributed by atoms with Gasteiger partial charge in [0.05, 0.1) is 16.0 Å². The Morgan fingerprint density at radius 3 is 2.70 bits per heavy atom. The number of fused-ring (bicyclic) bond motifs is 1. The van der Waals surface area contributed by atoms with Gasteiger partial charge >= 0.3 is 0 Å². The number of benzene rings is 2. The van der Waals surface area contributed by atoms with Crippen LogP contribution in [-0.4, -0.2) is 33.8 Å². The molecule has 3 heterocycles.